The number of urea groups is 1. The molecule has 3 fully saturated rings. The third-order valence-electron chi connectivity index (χ3n) is 6.54. The van der Waals surface area contributed by atoms with Gasteiger partial charge in [-0.1, -0.05) is 12.8 Å². The molecule has 34 heavy (non-hydrogen) atoms. The lowest BCUT2D eigenvalue weighted by atomic mass is 9.85. The molecule has 1 aromatic rings. The van der Waals surface area contributed by atoms with Crippen LogP contribution >= 0.6 is 0 Å². The van der Waals surface area contributed by atoms with Crippen LogP contribution in [-0.4, -0.2) is 63.6 Å². The van der Waals surface area contributed by atoms with Gasteiger partial charge in [-0.05, 0) is 58.1 Å². The van der Waals surface area contributed by atoms with Crippen molar-refractivity contribution in [1.29, 1.82) is 0 Å². The summed E-state index contributed by atoms with van der Waals surface area (Å²) >= 11 is 0. The van der Waals surface area contributed by atoms with Crippen LogP contribution in [0.1, 0.15) is 58.4 Å². The third-order valence-corrected chi connectivity index (χ3v) is 6.54. The monoisotopic (exact) mass is 482 g/mol. The van der Waals surface area contributed by atoms with E-state index >= 15 is 0 Å². The quantitative estimate of drug-likeness (QED) is 0.593. The van der Waals surface area contributed by atoms with Crippen LogP contribution in [0.4, 0.5) is 28.6 Å². The second kappa shape index (κ2) is 8.42. The molecule has 11 heteroatoms. The zero-order valence-electron chi connectivity index (χ0n) is 19.5. The fraction of sp³-hybridized carbons (Fsp3) is 0.652. The molecule has 0 bridgehead atoms. The number of nitrogens with zero attached hydrogens (tertiary/aromatic N) is 4. The topological polar surface area (TPSA) is 83.0 Å². The van der Waals surface area contributed by atoms with Crippen LogP contribution in [0, 0.1) is 5.92 Å². The van der Waals surface area contributed by atoms with Crippen LogP contribution in [-0.2, 0) is 15.7 Å². The minimum absolute atomic E-state index is 0.178. The van der Waals surface area contributed by atoms with Crippen LogP contribution in [0.15, 0.2) is 18.3 Å². The number of imide groups is 1. The van der Waals surface area contributed by atoms with Crippen molar-refractivity contribution in [3.63, 3.8) is 0 Å². The Kier molecular flexibility index (Phi) is 6.02. The van der Waals surface area contributed by atoms with Crippen molar-refractivity contribution in [2.75, 3.05) is 24.5 Å². The Labute approximate surface area is 196 Å². The van der Waals surface area contributed by atoms with Crippen molar-refractivity contribution in [2.24, 2.45) is 5.92 Å². The Morgan fingerprint density at radius 3 is 2.38 bits per heavy atom. The lowest BCUT2D eigenvalue weighted by Gasteiger charge is -2.42. The second-order valence-corrected chi connectivity index (χ2v) is 10.2. The molecule has 1 aliphatic carbocycles. The maximum atomic E-state index is 13.6. The molecule has 0 aromatic carbocycles. The Bertz CT molecular complexity index is 979. The fourth-order valence-electron chi connectivity index (χ4n) is 4.53. The normalized spacial score (nSPS) is 20.9. The summed E-state index contributed by atoms with van der Waals surface area (Å²) in [6.07, 6.45) is -0.980. The van der Waals surface area contributed by atoms with Crippen LogP contribution in [0.5, 0.6) is 0 Å². The van der Waals surface area contributed by atoms with Crippen LogP contribution < -0.4 is 4.90 Å². The first kappa shape index (κ1) is 24.3. The van der Waals surface area contributed by atoms with Gasteiger partial charge in [0.05, 0.1) is 5.56 Å². The first-order valence-electron chi connectivity index (χ1n) is 11.5. The zero-order valence-corrected chi connectivity index (χ0v) is 19.5. The fourth-order valence-corrected chi connectivity index (χ4v) is 4.53. The molecule has 4 amide bonds. The molecule has 1 spiro atoms. The van der Waals surface area contributed by atoms with E-state index in [9.17, 15) is 27.6 Å². The van der Waals surface area contributed by atoms with Crippen LogP contribution in [0.3, 0.4) is 0 Å². The SMILES string of the molecule is CC(C)(C)OC(=O)N1CCC2(CC1)C(=O)N(c1cc(C(F)(F)F)ccn1)C(=O)N2CCC1CC1. The molecular weight excluding hydrogens is 453 g/mol. The highest BCUT2D eigenvalue weighted by Crippen LogP contribution is 2.42. The minimum Gasteiger partial charge on any atom is -0.444 e. The van der Waals surface area contributed by atoms with Crippen molar-refractivity contribution in [2.45, 2.75) is 70.2 Å². The molecule has 3 heterocycles. The Morgan fingerprint density at radius 1 is 1.18 bits per heavy atom. The van der Waals surface area contributed by atoms with Crippen molar-refractivity contribution in [1.82, 2.24) is 14.8 Å². The summed E-state index contributed by atoms with van der Waals surface area (Å²) < 4.78 is 45.2. The summed E-state index contributed by atoms with van der Waals surface area (Å²) in [7, 11) is 0. The van der Waals surface area contributed by atoms with E-state index in [1.54, 1.807) is 20.8 Å². The van der Waals surface area contributed by atoms with Crippen LogP contribution in [0.25, 0.3) is 0 Å². The number of alkyl halides is 3. The number of pyridine rings is 1. The van der Waals surface area contributed by atoms with Gasteiger partial charge in [0.15, 0.2) is 0 Å². The predicted octanol–water partition coefficient (Wildman–Crippen LogP) is 4.44. The average Bonchev–Trinajstić information content (AvgIpc) is 3.54. The average molecular weight is 483 g/mol. The summed E-state index contributed by atoms with van der Waals surface area (Å²) in [4.78, 5) is 47.2. The summed E-state index contributed by atoms with van der Waals surface area (Å²) in [5.41, 5.74) is -2.88. The number of piperidine rings is 1. The molecule has 0 atom stereocenters. The Morgan fingerprint density at radius 2 is 1.82 bits per heavy atom. The number of carbonyl (C=O) groups excluding carboxylic acids is 3. The van der Waals surface area contributed by atoms with E-state index in [1.807, 2.05) is 0 Å². The minimum atomic E-state index is -4.63. The Hall–Kier alpha value is -2.85. The van der Waals surface area contributed by atoms with Crippen LogP contribution in [0.2, 0.25) is 0 Å². The molecule has 186 valence electrons. The number of carbonyl (C=O) groups is 3. The summed E-state index contributed by atoms with van der Waals surface area (Å²) in [6.45, 7) is 5.99. The third kappa shape index (κ3) is 4.69. The van der Waals surface area contributed by atoms with Gasteiger partial charge in [0, 0.05) is 25.8 Å². The van der Waals surface area contributed by atoms with Crippen molar-refractivity contribution in [3.8, 4) is 0 Å². The van der Waals surface area contributed by atoms with E-state index in [0.717, 1.165) is 42.5 Å². The van der Waals surface area contributed by atoms with E-state index in [4.69, 9.17) is 4.74 Å². The first-order chi connectivity index (χ1) is 15.8. The number of hydrogen-bond acceptors (Lipinski definition) is 5. The molecular formula is C23H29F3N4O4. The molecule has 8 nitrogen and oxygen atoms in total. The molecule has 1 aromatic heterocycles. The summed E-state index contributed by atoms with van der Waals surface area (Å²) in [5.74, 6) is -0.445. The van der Waals surface area contributed by atoms with Gasteiger partial charge in [0.25, 0.3) is 5.91 Å². The number of ether oxygens (including phenoxy) is 1. The van der Waals surface area contributed by atoms with E-state index in [0.29, 0.717) is 12.5 Å². The summed E-state index contributed by atoms with van der Waals surface area (Å²) in [6, 6.07) is 0.862. The maximum Gasteiger partial charge on any atom is 0.416 e. The van der Waals surface area contributed by atoms with E-state index in [-0.39, 0.29) is 31.7 Å². The molecule has 2 aliphatic heterocycles. The highest BCUT2D eigenvalue weighted by atomic mass is 19.4. The lowest BCUT2D eigenvalue weighted by molar-refractivity contribution is -0.137. The van der Waals surface area contributed by atoms with Gasteiger partial charge in [-0.15, -0.1) is 0 Å². The highest BCUT2D eigenvalue weighted by Gasteiger charge is 2.59. The standard InChI is InChI=1S/C23H29F3N4O4/c1-21(2,3)34-20(33)28-12-8-22(9-13-28)18(31)30(19(32)29(22)11-7-15-4-5-15)17-14-16(6-10-27-17)23(24,25)26/h6,10,14-15H,4-5,7-9,11-13H2,1-3H3. The maximum absolute atomic E-state index is 13.6. The summed E-state index contributed by atoms with van der Waals surface area (Å²) in [5, 5.41) is 0. The molecule has 2 saturated heterocycles. The highest BCUT2D eigenvalue weighted by molar-refractivity contribution is 6.23. The predicted molar refractivity (Wildman–Crippen MR) is 116 cm³/mol. The van der Waals surface area contributed by atoms with Crippen molar-refractivity contribution in [3.05, 3.63) is 23.9 Å². The largest absolute Gasteiger partial charge is 0.444 e. The number of aromatic nitrogens is 1. The van der Waals surface area contributed by atoms with Crippen molar-refractivity contribution >= 4 is 23.8 Å². The number of hydrogen-bond donors (Lipinski definition) is 0. The van der Waals surface area contributed by atoms with E-state index < -0.39 is 40.9 Å². The van der Waals surface area contributed by atoms with Gasteiger partial charge in [0.2, 0.25) is 0 Å². The van der Waals surface area contributed by atoms with Gasteiger partial charge in [-0.2, -0.15) is 13.2 Å². The second-order valence-electron chi connectivity index (χ2n) is 10.2. The molecule has 3 aliphatic rings. The smallest absolute Gasteiger partial charge is 0.416 e. The number of anilines is 1. The van der Waals surface area contributed by atoms with Gasteiger partial charge in [-0.25, -0.2) is 19.5 Å². The molecule has 0 radical (unpaired) electrons. The van der Waals surface area contributed by atoms with Gasteiger partial charge < -0.3 is 14.5 Å². The van der Waals surface area contributed by atoms with Gasteiger partial charge in [0.1, 0.15) is 17.0 Å². The zero-order chi connectivity index (χ0) is 24.9. The van der Waals surface area contributed by atoms with E-state index in [1.165, 1.54) is 9.80 Å². The molecule has 4 rings (SSSR count). The molecule has 0 unspecified atom stereocenters. The number of rotatable bonds is 4. The number of likely N-dealkylation sites (tertiary alicyclic amines) is 1. The Balaban J connectivity index is 1.60. The van der Waals surface area contributed by atoms with Gasteiger partial charge >= 0.3 is 18.3 Å². The van der Waals surface area contributed by atoms with E-state index in [2.05, 4.69) is 4.98 Å². The number of halogens is 3. The van der Waals surface area contributed by atoms with Crippen molar-refractivity contribution < 1.29 is 32.3 Å². The first-order valence-corrected chi connectivity index (χ1v) is 11.5. The number of amides is 4. The molecule has 0 N–H and O–H groups in total. The lowest BCUT2D eigenvalue weighted by Crippen LogP contribution is -2.58. The molecule has 1 saturated carbocycles. The van der Waals surface area contributed by atoms with Gasteiger partial charge in [-0.3, -0.25) is 4.79 Å².